The number of ether oxygens (including phenoxy) is 2. The van der Waals surface area contributed by atoms with Crippen LogP contribution >= 0.6 is 34.8 Å². The molecule has 5 nitrogen and oxygen atoms in total. The van der Waals surface area contributed by atoms with Gasteiger partial charge in [0.1, 0.15) is 0 Å². The van der Waals surface area contributed by atoms with E-state index in [1.165, 1.54) is 0 Å². The molecule has 168 valence electrons. The van der Waals surface area contributed by atoms with Crippen LogP contribution in [0.25, 0.3) is 0 Å². The van der Waals surface area contributed by atoms with E-state index in [2.05, 4.69) is 10.6 Å². The van der Waals surface area contributed by atoms with E-state index < -0.39 is 0 Å². The summed E-state index contributed by atoms with van der Waals surface area (Å²) in [5.41, 5.74) is 3.46. The standard InChI is InChI=1S/C24H23Cl3N2O3/c1-3-31-22-9-16(13-28-20-11-17(25)10-18(26)12-20)8-21(27)24(22)32-14-23(30)29-19-6-4-15(2)5-7-19/h4-12,28H,3,13-14H2,1-2H3,(H,29,30). The lowest BCUT2D eigenvalue weighted by atomic mass is 10.2. The summed E-state index contributed by atoms with van der Waals surface area (Å²) >= 11 is 18.6. The van der Waals surface area contributed by atoms with E-state index in [-0.39, 0.29) is 12.5 Å². The first-order chi connectivity index (χ1) is 15.3. The second-order valence-electron chi connectivity index (χ2n) is 7.05. The molecule has 0 aliphatic carbocycles. The molecule has 1 amide bonds. The van der Waals surface area contributed by atoms with Gasteiger partial charge in [-0.25, -0.2) is 0 Å². The maximum Gasteiger partial charge on any atom is 0.262 e. The molecule has 0 saturated heterocycles. The summed E-state index contributed by atoms with van der Waals surface area (Å²) in [5.74, 6) is 0.488. The van der Waals surface area contributed by atoms with E-state index in [0.717, 1.165) is 16.8 Å². The Labute approximate surface area is 202 Å². The van der Waals surface area contributed by atoms with Crippen LogP contribution in [-0.2, 0) is 11.3 Å². The first kappa shape index (κ1) is 24.1. The highest BCUT2D eigenvalue weighted by Gasteiger charge is 2.15. The van der Waals surface area contributed by atoms with Crippen molar-refractivity contribution in [2.45, 2.75) is 20.4 Å². The van der Waals surface area contributed by atoms with E-state index >= 15 is 0 Å². The Hall–Kier alpha value is -2.60. The molecular weight excluding hydrogens is 471 g/mol. The zero-order valence-electron chi connectivity index (χ0n) is 17.7. The van der Waals surface area contributed by atoms with Crippen LogP contribution in [0.15, 0.2) is 54.6 Å². The van der Waals surface area contributed by atoms with Gasteiger partial charge in [-0.1, -0.05) is 52.5 Å². The Bertz CT molecular complexity index is 1070. The monoisotopic (exact) mass is 492 g/mol. The Balaban J connectivity index is 1.67. The number of amides is 1. The molecule has 0 saturated carbocycles. The topological polar surface area (TPSA) is 59.6 Å². The zero-order chi connectivity index (χ0) is 23.1. The Morgan fingerprint density at radius 3 is 2.25 bits per heavy atom. The molecule has 0 atom stereocenters. The summed E-state index contributed by atoms with van der Waals surface area (Å²) in [5, 5.41) is 7.47. The van der Waals surface area contributed by atoms with Gasteiger partial charge < -0.3 is 20.1 Å². The maximum absolute atomic E-state index is 12.3. The van der Waals surface area contributed by atoms with Crippen molar-refractivity contribution in [3.05, 3.63) is 80.8 Å². The highest BCUT2D eigenvalue weighted by molar-refractivity contribution is 6.35. The summed E-state index contributed by atoms with van der Waals surface area (Å²) in [4.78, 5) is 12.3. The zero-order valence-corrected chi connectivity index (χ0v) is 19.9. The fraction of sp³-hybridized carbons (Fsp3) is 0.208. The second-order valence-corrected chi connectivity index (χ2v) is 8.33. The van der Waals surface area contributed by atoms with Gasteiger partial charge in [-0.15, -0.1) is 0 Å². The Morgan fingerprint density at radius 1 is 0.906 bits per heavy atom. The first-order valence-electron chi connectivity index (χ1n) is 9.98. The Morgan fingerprint density at radius 2 is 1.59 bits per heavy atom. The van der Waals surface area contributed by atoms with Gasteiger partial charge >= 0.3 is 0 Å². The average molecular weight is 494 g/mol. The van der Waals surface area contributed by atoms with Crippen molar-refractivity contribution in [2.24, 2.45) is 0 Å². The van der Waals surface area contributed by atoms with Gasteiger partial charge in [0.25, 0.3) is 5.91 Å². The van der Waals surface area contributed by atoms with Crippen molar-refractivity contribution >= 4 is 52.1 Å². The lowest BCUT2D eigenvalue weighted by Crippen LogP contribution is -2.20. The van der Waals surface area contributed by atoms with Gasteiger partial charge in [0.15, 0.2) is 18.1 Å². The van der Waals surface area contributed by atoms with Gasteiger partial charge in [-0.3, -0.25) is 4.79 Å². The molecule has 0 bridgehead atoms. The maximum atomic E-state index is 12.3. The number of hydrogen-bond acceptors (Lipinski definition) is 4. The number of hydrogen-bond donors (Lipinski definition) is 2. The average Bonchev–Trinajstić information content (AvgIpc) is 2.73. The number of carbonyl (C=O) groups excluding carboxylic acids is 1. The molecule has 0 unspecified atom stereocenters. The lowest BCUT2D eigenvalue weighted by molar-refractivity contribution is -0.118. The third-order valence-corrected chi connectivity index (χ3v) is 5.13. The smallest absolute Gasteiger partial charge is 0.262 e. The third kappa shape index (κ3) is 6.95. The molecule has 3 rings (SSSR count). The van der Waals surface area contributed by atoms with Crippen molar-refractivity contribution in [1.29, 1.82) is 0 Å². The summed E-state index contributed by atoms with van der Waals surface area (Å²) in [6.45, 7) is 4.52. The fourth-order valence-corrected chi connectivity index (χ4v) is 3.77. The highest BCUT2D eigenvalue weighted by atomic mass is 35.5. The van der Waals surface area contributed by atoms with Crippen LogP contribution in [-0.4, -0.2) is 19.1 Å². The van der Waals surface area contributed by atoms with Crippen LogP contribution < -0.4 is 20.1 Å². The van der Waals surface area contributed by atoms with Crippen molar-refractivity contribution in [3.8, 4) is 11.5 Å². The largest absolute Gasteiger partial charge is 0.490 e. The van der Waals surface area contributed by atoms with Crippen LogP contribution in [0.5, 0.6) is 11.5 Å². The quantitative estimate of drug-likeness (QED) is 0.337. The van der Waals surface area contributed by atoms with Gasteiger partial charge in [-0.2, -0.15) is 0 Å². The second kappa shape index (κ2) is 11.3. The highest BCUT2D eigenvalue weighted by Crippen LogP contribution is 2.37. The van der Waals surface area contributed by atoms with Gasteiger partial charge in [0.05, 0.1) is 11.6 Å². The molecule has 2 N–H and O–H groups in total. The van der Waals surface area contributed by atoms with Crippen molar-refractivity contribution in [2.75, 3.05) is 23.8 Å². The van der Waals surface area contributed by atoms with E-state index in [0.29, 0.717) is 45.4 Å². The predicted octanol–water partition coefficient (Wildman–Crippen LogP) is 6.98. The van der Waals surface area contributed by atoms with E-state index in [1.54, 1.807) is 24.3 Å². The van der Waals surface area contributed by atoms with E-state index in [9.17, 15) is 4.79 Å². The molecule has 3 aromatic carbocycles. The van der Waals surface area contributed by atoms with Crippen LogP contribution in [0.2, 0.25) is 15.1 Å². The molecule has 32 heavy (non-hydrogen) atoms. The van der Waals surface area contributed by atoms with Gasteiger partial charge in [0, 0.05) is 28.0 Å². The summed E-state index contributed by atoms with van der Waals surface area (Å²) < 4.78 is 11.4. The number of halogens is 3. The molecule has 0 heterocycles. The molecule has 0 aliphatic rings. The molecule has 0 aliphatic heterocycles. The normalized spacial score (nSPS) is 10.5. The number of benzene rings is 3. The summed E-state index contributed by atoms with van der Waals surface area (Å²) in [6.07, 6.45) is 0. The van der Waals surface area contributed by atoms with Crippen molar-refractivity contribution in [1.82, 2.24) is 0 Å². The van der Waals surface area contributed by atoms with Crippen molar-refractivity contribution < 1.29 is 14.3 Å². The molecular formula is C24H23Cl3N2O3. The Kier molecular flexibility index (Phi) is 8.51. The number of rotatable bonds is 9. The molecule has 0 fully saturated rings. The van der Waals surface area contributed by atoms with Crippen LogP contribution in [0, 0.1) is 6.92 Å². The van der Waals surface area contributed by atoms with Crippen molar-refractivity contribution in [3.63, 3.8) is 0 Å². The SMILES string of the molecule is CCOc1cc(CNc2cc(Cl)cc(Cl)c2)cc(Cl)c1OCC(=O)Nc1ccc(C)cc1. The molecule has 0 spiro atoms. The number of anilines is 2. The lowest BCUT2D eigenvalue weighted by Gasteiger charge is -2.16. The fourth-order valence-electron chi connectivity index (χ4n) is 2.96. The minimum atomic E-state index is -0.295. The van der Waals surface area contributed by atoms with Crippen LogP contribution in [0.3, 0.4) is 0 Å². The van der Waals surface area contributed by atoms with Gasteiger partial charge in [-0.05, 0) is 61.9 Å². The minimum absolute atomic E-state index is 0.202. The molecule has 3 aromatic rings. The molecule has 0 radical (unpaired) electrons. The number of nitrogens with one attached hydrogen (secondary N) is 2. The number of carbonyl (C=O) groups is 1. The number of aryl methyl sites for hydroxylation is 1. The van der Waals surface area contributed by atoms with Gasteiger partial charge in [0.2, 0.25) is 0 Å². The minimum Gasteiger partial charge on any atom is -0.490 e. The van der Waals surface area contributed by atoms with Crippen LogP contribution in [0.1, 0.15) is 18.1 Å². The third-order valence-electron chi connectivity index (χ3n) is 4.41. The molecule has 0 aromatic heterocycles. The van der Waals surface area contributed by atoms with E-state index in [1.807, 2.05) is 44.2 Å². The summed E-state index contributed by atoms with van der Waals surface area (Å²) in [6, 6.07) is 16.3. The first-order valence-corrected chi connectivity index (χ1v) is 11.1. The predicted molar refractivity (Wildman–Crippen MR) is 132 cm³/mol. The molecule has 8 heteroatoms. The summed E-state index contributed by atoms with van der Waals surface area (Å²) in [7, 11) is 0. The van der Waals surface area contributed by atoms with Crippen LogP contribution in [0.4, 0.5) is 11.4 Å². The van der Waals surface area contributed by atoms with E-state index in [4.69, 9.17) is 44.3 Å².